The van der Waals surface area contributed by atoms with Crippen LogP contribution in [-0.2, 0) is 12.8 Å². The summed E-state index contributed by atoms with van der Waals surface area (Å²) in [6.07, 6.45) is 17.5. The van der Waals surface area contributed by atoms with E-state index in [9.17, 15) is 0 Å². The number of hydrogen-bond acceptors (Lipinski definition) is 2. The van der Waals surface area contributed by atoms with Gasteiger partial charge in [0.1, 0.15) is 0 Å². The predicted octanol–water partition coefficient (Wildman–Crippen LogP) is 12.0. The van der Waals surface area contributed by atoms with Gasteiger partial charge in [-0.1, -0.05) is 93.0 Å². The fourth-order valence-electron chi connectivity index (χ4n) is 6.76. The van der Waals surface area contributed by atoms with E-state index in [0.717, 1.165) is 38.5 Å². The van der Waals surface area contributed by atoms with E-state index in [2.05, 4.69) is 105 Å². The molecule has 200 valence electrons. The van der Waals surface area contributed by atoms with Crippen LogP contribution in [0.1, 0.15) is 62.0 Å². The van der Waals surface area contributed by atoms with Gasteiger partial charge in [0.05, 0.1) is 0 Å². The van der Waals surface area contributed by atoms with E-state index in [4.69, 9.17) is 0 Å². The monoisotopic (exact) mass is 556 g/mol. The van der Waals surface area contributed by atoms with Gasteiger partial charge in [-0.2, -0.15) is 0 Å². The van der Waals surface area contributed by atoms with E-state index < -0.39 is 0 Å². The minimum absolute atomic E-state index is 0.605. The Balaban J connectivity index is 1.24. The molecule has 7 rings (SSSR count). The lowest BCUT2D eigenvalue weighted by atomic mass is 9.81. The molecule has 3 aromatic carbocycles. The second-order valence-corrected chi connectivity index (χ2v) is 13.5. The van der Waals surface area contributed by atoms with Gasteiger partial charge < -0.3 is 0 Å². The Hall–Kier alpha value is -3.20. The molecule has 2 heteroatoms. The normalized spacial score (nSPS) is 16.8. The maximum atomic E-state index is 2.54. The molecular formula is C38H36S2. The molecular weight excluding hydrogens is 521 g/mol. The summed E-state index contributed by atoms with van der Waals surface area (Å²) in [7, 11) is 0. The second kappa shape index (κ2) is 11.0. The summed E-state index contributed by atoms with van der Waals surface area (Å²) < 4.78 is 0. The van der Waals surface area contributed by atoms with Gasteiger partial charge in [-0.3, -0.25) is 0 Å². The highest BCUT2D eigenvalue weighted by Gasteiger charge is 2.21. The van der Waals surface area contributed by atoms with Crippen LogP contribution in [-0.4, -0.2) is 0 Å². The molecule has 0 amide bonds. The van der Waals surface area contributed by atoms with Crippen molar-refractivity contribution < 1.29 is 0 Å². The Morgan fingerprint density at radius 2 is 1.32 bits per heavy atom. The van der Waals surface area contributed by atoms with Gasteiger partial charge in [0.25, 0.3) is 0 Å². The SMILES string of the molecule is CCCc1c2ccccc2c(CCC)c2cc(-c3ccc(-c4ccc(C5=CC6CC=CC=C6CC5)s4)s3)ccc12. The van der Waals surface area contributed by atoms with Crippen LogP contribution in [0.15, 0.2) is 96.6 Å². The molecule has 2 aliphatic rings. The molecule has 0 saturated carbocycles. The van der Waals surface area contributed by atoms with Gasteiger partial charge in [0.2, 0.25) is 0 Å². The molecule has 40 heavy (non-hydrogen) atoms. The average molecular weight is 557 g/mol. The molecule has 0 radical (unpaired) electrons. The van der Waals surface area contributed by atoms with Crippen LogP contribution in [0.4, 0.5) is 0 Å². The summed E-state index contributed by atoms with van der Waals surface area (Å²) in [5, 5.41) is 5.78. The molecule has 0 bridgehead atoms. The van der Waals surface area contributed by atoms with E-state index in [1.165, 1.54) is 64.2 Å². The van der Waals surface area contributed by atoms with Crippen molar-refractivity contribution in [1.29, 1.82) is 0 Å². The predicted molar refractivity (Wildman–Crippen MR) is 179 cm³/mol. The lowest BCUT2D eigenvalue weighted by molar-refractivity contribution is 0.693. The third kappa shape index (κ3) is 4.62. The van der Waals surface area contributed by atoms with Crippen LogP contribution < -0.4 is 0 Å². The first-order chi connectivity index (χ1) is 19.7. The average Bonchev–Trinajstić information content (AvgIpc) is 3.69. The van der Waals surface area contributed by atoms with Gasteiger partial charge in [0.15, 0.2) is 0 Å². The summed E-state index contributed by atoms with van der Waals surface area (Å²) in [6, 6.07) is 25.7. The van der Waals surface area contributed by atoms with Crippen LogP contribution in [0.2, 0.25) is 0 Å². The maximum Gasteiger partial charge on any atom is 0.0449 e. The van der Waals surface area contributed by atoms with E-state index in [1.807, 2.05) is 22.7 Å². The lowest BCUT2D eigenvalue weighted by Gasteiger charge is -2.25. The summed E-state index contributed by atoms with van der Waals surface area (Å²) >= 11 is 3.90. The molecule has 2 aliphatic carbocycles. The number of benzene rings is 3. The number of fused-ring (bicyclic) bond motifs is 3. The first-order valence-corrected chi connectivity index (χ1v) is 16.6. The van der Waals surface area contributed by atoms with Gasteiger partial charge in [-0.15, -0.1) is 22.7 Å². The fourth-order valence-corrected chi connectivity index (χ4v) is 8.91. The zero-order valence-electron chi connectivity index (χ0n) is 23.5. The molecule has 0 spiro atoms. The van der Waals surface area contributed by atoms with E-state index in [-0.39, 0.29) is 0 Å². The minimum atomic E-state index is 0.605. The standard InChI is InChI=1S/C38H36S2/c1-3-9-29-31-13-7-8-14-32(31)30(10-4-2)34-24-28(17-18-33(29)34)36-20-22-38(40-36)37-21-19-35(39-37)27-16-15-25-11-5-6-12-26(25)23-27/h5-8,11,13-14,17-24,26H,3-4,9-10,12,15-16H2,1-2H3. The van der Waals surface area contributed by atoms with Crippen LogP contribution in [0, 0.1) is 5.92 Å². The van der Waals surface area contributed by atoms with Crippen molar-refractivity contribution in [2.45, 2.75) is 58.8 Å². The number of aryl methyl sites for hydroxylation is 2. The van der Waals surface area contributed by atoms with Gasteiger partial charge in [-0.25, -0.2) is 0 Å². The molecule has 0 aliphatic heterocycles. The number of hydrogen-bond donors (Lipinski definition) is 0. The second-order valence-electron chi connectivity index (χ2n) is 11.3. The maximum absolute atomic E-state index is 2.54. The van der Waals surface area contributed by atoms with Crippen LogP contribution in [0.5, 0.6) is 0 Å². The fraction of sp³-hybridized carbons (Fsp3) is 0.263. The number of thiophene rings is 2. The Kier molecular flexibility index (Phi) is 7.08. The Morgan fingerprint density at radius 3 is 2.08 bits per heavy atom. The molecule has 2 heterocycles. The summed E-state index contributed by atoms with van der Waals surface area (Å²) in [5.74, 6) is 0.605. The van der Waals surface area contributed by atoms with Crippen molar-refractivity contribution in [3.05, 3.63) is 113 Å². The molecule has 5 aromatic rings. The van der Waals surface area contributed by atoms with E-state index >= 15 is 0 Å². The van der Waals surface area contributed by atoms with Crippen molar-refractivity contribution in [2.75, 3.05) is 0 Å². The molecule has 0 fully saturated rings. The van der Waals surface area contributed by atoms with E-state index in [0.29, 0.717) is 5.92 Å². The third-order valence-electron chi connectivity index (χ3n) is 8.70. The topological polar surface area (TPSA) is 0 Å². The highest BCUT2D eigenvalue weighted by molar-refractivity contribution is 7.24. The van der Waals surface area contributed by atoms with Crippen molar-refractivity contribution in [2.24, 2.45) is 5.92 Å². The lowest BCUT2D eigenvalue weighted by Crippen LogP contribution is -2.08. The van der Waals surface area contributed by atoms with Gasteiger partial charge >= 0.3 is 0 Å². The molecule has 1 unspecified atom stereocenters. The largest absolute Gasteiger partial charge is 0.135 e. The summed E-state index contributed by atoms with van der Waals surface area (Å²) in [6.45, 7) is 4.60. The van der Waals surface area contributed by atoms with Crippen LogP contribution in [0.25, 0.3) is 47.3 Å². The number of rotatable bonds is 7. The van der Waals surface area contributed by atoms with Gasteiger partial charge in [0, 0.05) is 25.4 Å². The number of allylic oxidation sites excluding steroid dienone is 6. The molecule has 0 nitrogen and oxygen atoms in total. The summed E-state index contributed by atoms with van der Waals surface area (Å²) in [5.41, 5.74) is 7.52. The quantitative estimate of drug-likeness (QED) is 0.175. The Labute approximate surface area is 246 Å². The highest BCUT2D eigenvalue weighted by atomic mass is 32.1. The Morgan fingerprint density at radius 1 is 0.675 bits per heavy atom. The third-order valence-corrected chi connectivity index (χ3v) is 11.2. The smallest absolute Gasteiger partial charge is 0.0449 e. The summed E-state index contributed by atoms with van der Waals surface area (Å²) in [4.78, 5) is 5.58. The van der Waals surface area contributed by atoms with Crippen molar-refractivity contribution >= 4 is 49.8 Å². The van der Waals surface area contributed by atoms with Crippen molar-refractivity contribution in [3.8, 4) is 20.2 Å². The van der Waals surface area contributed by atoms with Gasteiger partial charge in [-0.05, 0) is 106 Å². The van der Waals surface area contributed by atoms with Crippen LogP contribution >= 0.6 is 22.7 Å². The molecule has 0 N–H and O–H groups in total. The Bertz CT molecular complexity index is 1800. The first-order valence-electron chi connectivity index (χ1n) is 15.0. The molecule has 0 saturated heterocycles. The molecule has 2 aromatic heterocycles. The molecule has 1 atom stereocenters. The minimum Gasteiger partial charge on any atom is -0.135 e. The van der Waals surface area contributed by atoms with Crippen LogP contribution in [0.3, 0.4) is 0 Å². The highest BCUT2D eigenvalue weighted by Crippen LogP contribution is 2.44. The zero-order chi connectivity index (χ0) is 27.1. The first kappa shape index (κ1) is 25.7. The van der Waals surface area contributed by atoms with Crippen molar-refractivity contribution in [3.63, 3.8) is 0 Å². The van der Waals surface area contributed by atoms with Crippen molar-refractivity contribution in [1.82, 2.24) is 0 Å². The zero-order valence-corrected chi connectivity index (χ0v) is 25.1. The van der Waals surface area contributed by atoms with E-state index in [1.54, 1.807) is 11.1 Å².